The first kappa shape index (κ1) is 16.2. The number of benzene rings is 1. The van der Waals surface area contributed by atoms with E-state index in [2.05, 4.69) is 9.88 Å². The summed E-state index contributed by atoms with van der Waals surface area (Å²) in [6.45, 7) is 1.70. The zero-order chi connectivity index (χ0) is 17.4. The van der Waals surface area contributed by atoms with E-state index in [0.717, 1.165) is 29.7 Å². The average molecular weight is 345 g/mol. The Morgan fingerprint density at radius 2 is 1.84 bits per heavy atom. The molecular formula is C19H21F2N3O. The van der Waals surface area contributed by atoms with Crippen molar-refractivity contribution in [3.8, 4) is 0 Å². The first-order valence-corrected chi connectivity index (χ1v) is 8.79. The van der Waals surface area contributed by atoms with Crippen molar-refractivity contribution in [1.29, 1.82) is 0 Å². The number of hydrogen-bond donors (Lipinski definition) is 0. The molecule has 1 amide bonds. The van der Waals surface area contributed by atoms with Gasteiger partial charge < -0.3 is 9.80 Å². The van der Waals surface area contributed by atoms with Crippen molar-refractivity contribution in [2.45, 2.75) is 25.2 Å². The standard InChI is InChI=1S/C19H21F2N3O/c20-19(21)8-11-23(12-9-19)18(25)15-7-10-24(13-15)17-6-5-14-3-1-2-4-16(14)22-17/h1-6,15H,7-13H2. The van der Waals surface area contributed by atoms with Gasteiger partial charge in [-0.2, -0.15) is 0 Å². The van der Waals surface area contributed by atoms with E-state index in [-0.39, 0.29) is 37.8 Å². The van der Waals surface area contributed by atoms with Gasteiger partial charge in [-0.3, -0.25) is 4.79 Å². The number of hydrogen-bond acceptors (Lipinski definition) is 3. The van der Waals surface area contributed by atoms with Crippen LogP contribution in [0, 0.1) is 5.92 Å². The molecule has 132 valence electrons. The second-order valence-corrected chi connectivity index (χ2v) is 6.98. The minimum absolute atomic E-state index is 0.0128. The lowest BCUT2D eigenvalue weighted by Gasteiger charge is -2.33. The molecule has 6 heteroatoms. The Labute approximate surface area is 145 Å². The van der Waals surface area contributed by atoms with Crippen molar-refractivity contribution < 1.29 is 13.6 Å². The fourth-order valence-electron chi connectivity index (χ4n) is 3.71. The molecule has 0 bridgehead atoms. The summed E-state index contributed by atoms with van der Waals surface area (Å²) in [5, 5.41) is 1.09. The van der Waals surface area contributed by atoms with Crippen LogP contribution in [0.1, 0.15) is 19.3 Å². The van der Waals surface area contributed by atoms with E-state index in [4.69, 9.17) is 0 Å². The zero-order valence-corrected chi connectivity index (χ0v) is 14.0. The van der Waals surface area contributed by atoms with Crippen molar-refractivity contribution in [3.05, 3.63) is 36.4 Å². The van der Waals surface area contributed by atoms with E-state index >= 15 is 0 Å². The number of likely N-dealkylation sites (tertiary alicyclic amines) is 1. The number of anilines is 1. The lowest BCUT2D eigenvalue weighted by molar-refractivity contribution is -0.140. The van der Waals surface area contributed by atoms with Crippen LogP contribution < -0.4 is 4.90 Å². The topological polar surface area (TPSA) is 36.4 Å². The third-order valence-electron chi connectivity index (χ3n) is 5.25. The number of nitrogens with zero attached hydrogens (tertiary/aromatic N) is 3. The van der Waals surface area contributed by atoms with Crippen LogP contribution in [0.3, 0.4) is 0 Å². The summed E-state index contributed by atoms with van der Waals surface area (Å²) in [7, 11) is 0. The molecule has 0 spiro atoms. The Hall–Kier alpha value is -2.24. The van der Waals surface area contributed by atoms with E-state index in [9.17, 15) is 13.6 Å². The summed E-state index contributed by atoms with van der Waals surface area (Å²) < 4.78 is 26.6. The van der Waals surface area contributed by atoms with Crippen LogP contribution >= 0.6 is 0 Å². The number of pyridine rings is 1. The van der Waals surface area contributed by atoms with Gasteiger partial charge in [0.2, 0.25) is 5.91 Å². The molecule has 3 heterocycles. The summed E-state index contributed by atoms with van der Waals surface area (Å²) in [6, 6.07) is 12.0. The number of amides is 1. The number of para-hydroxylation sites is 1. The van der Waals surface area contributed by atoms with Crippen molar-refractivity contribution in [2.24, 2.45) is 5.92 Å². The molecule has 1 aromatic carbocycles. The molecule has 0 saturated carbocycles. The number of fused-ring (bicyclic) bond motifs is 1. The van der Waals surface area contributed by atoms with Gasteiger partial charge in [-0.05, 0) is 24.6 Å². The van der Waals surface area contributed by atoms with Gasteiger partial charge >= 0.3 is 0 Å². The highest BCUT2D eigenvalue weighted by molar-refractivity contribution is 5.82. The number of carbonyl (C=O) groups excluding carboxylic acids is 1. The maximum Gasteiger partial charge on any atom is 0.251 e. The second-order valence-electron chi connectivity index (χ2n) is 6.98. The van der Waals surface area contributed by atoms with Crippen LogP contribution in [0.4, 0.5) is 14.6 Å². The van der Waals surface area contributed by atoms with Crippen molar-refractivity contribution in [3.63, 3.8) is 0 Å². The molecule has 25 heavy (non-hydrogen) atoms. The Kier molecular flexibility index (Phi) is 4.06. The van der Waals surface area contributed by atoms with E-state index < -0.39 is 5.92 Å². The maximum absolute atomic E-state index is 13.3. The highest BCUT2D eigenvalue weighted by Crippen LogP contribution is 2.30. The molecule has 4 nitrogen and oxygen atoms in total. The zero-order valence-electron chi connectivity index (χ0n) is 14.0. The molecule has 0 radical (unpaired) electrons. The van der Waals surface area contributed by atoms with E-state index in [1.165, 1.54) is 0 Å². The number of halogens is 2. The van der Waals surface area contributed by atoms with Crippen LogP contribution in [0.2, 0.25) is 0 Å². The van der Waals surface area contributed by atoms with Crippen LogP contribution in [0.5, 0.6) is 0 Å². The normalized spacial score (nSPS) is 23.2. The Balaban J connectivity index is 1.43. The lowest BCUT2D eigenvalue weighted by Crippen LogP contribution is -2.45. The molecule has 4 rings (SSSR count). The predicted octanol–water partition coefficient (Wildman–Crippen LogP) is 3.32. The maximum atomic E-state index is 13.3. The third kappa shape index (κ3) is 3.30. The molecule has 2 saturated heterocycles. The van der Waals surface area contributed by atoms with Gasteiger partial charge in [-0.25, -0.2) is 13.8 Å². The van der Waals surface area contributed by atoms with Crippen molar-refractivity contribution >= 4 is 22.6 Å². The van der Waals surface area contributed by atoms with Crippen LogP contribution in [-0.2, 0) is 4.79 Å². The Bertz CT molecular complexity index is 785. The first-order chi connectivity index (χ1) is 12.0. The lowest BCUT2D eigenvalue weighted by atomic mass is 10.0. The van der Waals surface area contributed by atoms with Crippen LogP contribution in [0.15, 0.2) is 36.4 Å². The van der Waals surface area contributed by atoms with E-state index in [0.29, 0.717) is 6.54 Å². The average Bonchev–Trinajstić information content (AvgIpc) is 3.11. The number of piperidine rings is 1. The first-order valence-electron chi connectivity index (χ1n) is 8.79. The predicted molar refractivity (Wildman–Crippen MR) is 92.8 cm³/mol. The van der Waals surface area contributed by atoms with Gasteiger partial charge in [0.05, 0.1) is 11.4 Å². The number of carbonyl (C=O) groups is 1. The minimum Gasteiger partial charge on any atom is -0.356 e. The molecular weight excluding hydrogens is 324 g/mol. The fraction of sp³-hybridized carbons (Fsp3) is 0.474. The highest BCUT2D eigenvalue weighted by atomic mass is 19.3. The highest BCUT2D eigenvalue weighted by Gasteiger charge is 2.38. The summed E-state index contributed by atoms with van der Waals surface area (Å²) in [5.74, 6) is -1.86. The molecule has 1 aromatic heterocycles. The number of rotatable bonds is 2. The van der Waals surface area contributed by atoms with Crippen LogP contribution in [0.25, 0.3) is 10.9 Å². The third-order valence-corrected chi connectivity index (χ3v) is 5.25. The van der Waals surface area contributed by atoms with Gasteiger partial charge in [-0.1, -0.05) is 18.2 Å². The quantitative estimate of drug-likeness (QED) is 0.838. The van der Waals surface area contributed by atoms with Crippen LogP contribution in [-0.4, -0.2) is 47.9 Å². The Morgan fingerprint density at radius 1 is 1.08 bits per heavy atom. The summed E-state index contributed by atoms with van der Waals surface area (Å²) in [4.78, 5) is 21.0. The molecule has 0 N–H and O–H groups in total. The summed E-state index contributed by atoms with van der Waals surface area (Å²) in [6.07, 6.45) is 0.309. The molecule has 2 aliphatic heterocycles. The van der Waals surface area contributed by atoms with E-state index in [1.807, 2.05) is 36.4 Å². The van der Waals surface area contributed by atoms with Gasteiger partial charge in [-0.15, -0.1) is 0 Å². The summed E-state index contributed by atoms with van der Waals surface area (Å²) in [5.41, 5.74) is 0.938. The molecule has 2 aliphatic rings. The molecule has 1 atom stereocenters. The van der Waals surface area contributed by atoms with Gasteiger partial charge in [0.25, 0.3) is 5.92 Å². The molecule has 2 aromatic rings. The summed E-state index contributed by atoms with van der Waals surface area (Å²) >= 11 is 0. The Morgan fingerprint density at radius 3 is 2.64 bits per heavy atom. The second kappa shape index (κ2) is 6.24. The van der Waals surface area contributed by atoms with Crippen molar-refractivity contribution in [2.75, 3.05) is 31.1 Å². The molecule has 0 aliphatic carbocycles. The number of aromatic nitrogens is 1. The van der Waals surface area contributed by atoms with Crippen molar-refractivity contribution in [1.82, 2.24) is 9.88 Å². The SMILES string of the molecule is O=C(C1CCN(c2ccc3ccccc3n2)C1)N1CCC(F)(F)CC1. The smallest absolute Gasteiger partial charge is 0.251 e. The minimum atomic E-state index is -2.62. The van der Waals surface area contributed by atoms with E-state index in [1.54, 1.807) is 4.90 Å². The van der Waals surface area contributed by atoms with Gasteiger partial charge in [0.15, 0.2) is 0 Å². The van der Waals surface area contributed by atoms with Gasteiger partial charge in [0.1, 0.15) is 5.82 Å². The largest absolute Gasteiger partial charge is 0.356 e. The number of alkyl halides is 2. The molecule has 1 unspecified atom stereocenters. The van der Waals surface area contributed by atoms with Gasteiger partial charge in [0, 0.05) is 44.4 Å². The molecule has 2 fully saturated rings. The monoisotopic (exact) mass is 345 g/mol. The fourth-order valence-corrected chi connectivity index (χ4v) is 3.71.